The second-order valence-electron chi connectivity index (χ2n) is 13.8. The van der Waals surface area contributed by atoms with Gasteiger partial charge in [0, 0.05) is 46.3 Å². The van der Waals surface area contributed by atoms with Gasteiger partial charge in [-0.25, -0.2) is 0 Å². The maximum Gasteiger partial charge on any atom is 0.247 e. The fourth-order valence-electron chi connectivity index (χ4n) is 7.58. The standard InChI is InChI=1S/C42H40N6O4/c49-39(21-27-9-3-1-4-10-27)47-19-7-13-37(47)41(51)43-31-15-17-33-29(23-31)25-35(45-33)36-26-30-24-32(16-18-34(30)46-36)44-42(52)38-14-8-20-48(38)40(50)22-28-11-5-2-6-12-28/h1-6,9-12,15-18,23-26,37-38,45-46H,7-8,13-14,19-22H2,(H,43,51)(H,44,52)/t37-,38-/m0/s1. The maximum atomic E-state index is 13.4. The normalized spacial score (nSPS) is 17.2. The Balaban J connectivity index is 0.923. The number of carbonyl (C=O) groups excluding carboxylic acids is 4. The molecule has 0 spiro atoms. The Labute approximate surface area is 301 Å². The summed E-state index contributed by atoms with van der Waals surface area (Å²) in [6.07, 6.45) is 3.44. The summed E-state index contributed by atoms with van der Waals surface area (Å²) in [5.74, 6) is -0.415. The largest absolute Gasteiger partial charge is 0.353 e. The predicted molar refractivity (Wildman–Crippen MR) is 203 cm³/mol. The topological polar surface area (TPSA) is 130 Å². The van der Waals surface area contributed by atoms with E-state index in [0.717, 1.165) is 57.2 Å². The highest BCUT2D eigenvalue weighted by Crippen LogP contribution is 2.31. The molecule has 2 fully saturated rings. The molecule has 8 rings (SSSR count). The molecule has 0 saturated carbocycles. The molecule has 0 radical (unpaired) electrons. The van der Waals surface area contributed by atoms with Crippen molar-refractivity contribution in [2.24, 2.45) is 0 Å². The molecule has 10 nitrogen and oxygen atoms in total. The van der Waals surface area contributed by atoms with Crippen molar-refractivity contribution in [3.8, 4) is 11.4 Å². The molecule has 2 atom stereocenters. The molecule has 0 aliphatic carbocycles. The van der Waals surface area contributed by atoms with Gasteiger partial charge in [0.05, 0.1) is 24.2 Å². The van der Waals surface area contributed by atoms with Crippen LogP contribution in [0.25, 0.3) is 33.2 Å². The van der Waals surface area contributed by atoms with Crippen molar-refractivity contribution in [2.75, 3.05) is 23.7 Å². The van der Waals surface area contributed by atoms with Gasteiger partial charge in [0.15, 0.2) is 0 Å². The first-order chi connectivity index (χ1) is 25.4. The summed E-state index contributed by atoms with van der Waals surface area (Å²) < 4.78 is 0. The number of H-pyrrole nitrogens is 2. The molecule has 2 saturated heterocycles. The number of aromatic amines is 2. The quantitative estimate of drug-likeness (QED) is 0.135. The lowest BCUT2D eigenvalue weighted by atomic mass is 10.1. The number of likely N-dealkylation sites (tertiary alicyclic amines) is 2. The first-order valence-electron chi connectivity index (χ1n) is 17.9. The third-order valence-corrected chi connectivity index (χ3v) is 10.2. The second-order valence-corrected chi connectivity index (χ2v) is 13.8. The Morgan fingerprint density at radius 2 is 0.981 bits per heavy atom. The molecule has 10 heteroatoms. The Kier molecular flexibility index (Phi) is 9.03. The molecule has 0 bridgehead atoms. The fourth-order valence-corrected chi connectivity index (χ4v) is 7.58. The number of nitrogens with one attached hydrogen (secondary N) is 4. The van der Waals surface area contributed by atoms with Crippen molar-refractivity contribution in [3.05, 3.63) is 120 Å². The lowest BCUT2D eigenvalue weighted by Crippen LogP contribution is -2.43. The highest BCUT2D eigenvalue weighted by atomic mass is 16.2. The van der Waals surface area contributed by atoms with Gasteiger partial charge in [0.1, 0.15) is 12.1 Å². The van der Waals surface area contributed by atoms with Gasteiger partial charge in [-0.15, -0.1) is 0 Å². The monoisotopic (exact) mass is 692 g/mol. The van der Waals surface area contributed by atoms with E-state index in [0.29, 0.717) is 37.3 Å². The van der Waals surface area contributed by atoms with Gasteiger partial charge in [-0.2, -0.15) is 0 Å². The van der Waals surface area contributed by atoms with Crippen LogP contribution in [0, 0.1) is 0 Å². The molecule has 4 aromatic carbocycles. The highest BCUT2D eigenvalue weighted by molar-refractivity contribution is 6.01. The van der Waals surface area contributed by atoms with Crippen LogP contribution in [0.4, 0.5) is 11.4 Å². The molecule has 2 aliphatic rings. The van der Waals surface area contributed by atoms with Crippen molar-refractivity contribution in [1.29, 1.82) is 0 Å². The molecular weight excluding hydrogens is 652 g/mol. The molecule has 4 N–H and O–H groups in total. The van der Waals surface area contributed by atoms with Crippen LogP contribution >= 0.6 is 0 Å². The van der Waals surface area contributed by atoms with Crippen LogP contribution in [0.3, 0.4) is 0 Å². The number of rotatable bonds is 9. The first kappa shape index (κ1) is 33.0. The summed E-state index contributed by atoms with van der Waals surface area (Å²) in [4.78, 5) is 63.2. The number of anilines is 2. The van der Waals surface area contributed by atoms with Crippen LogP contribution < -0.4 is 10.6 Å². The van der Waals surface area contributed by atoms with Crippen molar-refractivity contribution in [3.63, 3.8) is 0 Å². The number of hydrogen-bond donors (Lipinski definition) is 4. The summed E-state index contributed by atoms with van der Waals surface area (Å²) in [5.41, 5.74) is 6.82. The Bertz CT molecular complexity index is 2120. The zero-order valence-corrected chi connectivity index (χ0v) is 28.7. The number of fused-ring (bicyclic) bond motifs is 2. The van der Waals surface area contributed by atoms with Crippen molar-refractivity contribution < 1.29 is 19.2 Å². The predicted octanol–water partition coefficient (Wildman–Crippen LogP) is 6.66. The van der Waals surface area contributed by atoms with E-state index in [1.54, 1.807) is 9.80 Å². The van der Waals surface area contributed by atoms with Crippen LogP contribution in [0.2, 0.25) is 0 Å². The molecular formula is C42H40N6O4. The van der Waals surface area contributed by atoms with Crippen LogP contribution in [0.5, 0.6) is 0 Å². The molecule has 4 amide bonds. The van der Waals surface area contributed by atoms with Crippen molar-refractivity contribution in [1.82, 2.24) is 19.8 Å². The summed E-state index contributed by atoms with van der Waals surface area (Å²) in [5, 5.41) is 7.96. The van der Waals surface area contributed by atoms with Gasteiger partial charge in [0.25, 0.3) is 0 Å². The van der Waals surface area contributed by atoms with E-state index >= 15 is 0 Å². The molecule has 4 heterocycles. The number of nitrogens with zero attached hydrogens (tertiary/aromatic N) is 2. The van der Waals surface area contributed by atoms with Gasteiger partial charge in [-0.3, -0.25) is 19.2 Å². The van der Waals surface area contributed by atoms with E-state index in [4.69, 9.17) is 0 Å². The van der Waals surface area contributed by atoms with Gasteiger partial charge < -0.3 is 30.4 Å². The van der Waals surface area contributed by atoms with E-state index in [1.165, 1.54) is 0 Å². The Morgan fingerprint density at radius 3 is 1.40 bits per heavy atom. The van der Waals surface area contributed by atoms with E-state index in [1.807, 2.05) is 109 Å². The first-order valence-corrected chi connectivity index (χ1v) is 17.9. The van der Waals surface area contributed by atoms with Crippen LogP contribution in [-0.2, 0) is 32.0 Å². The number of aromatic nitrogens is 2. The summed E-state index contributed by atoms with van der Waals surface area (Å²) in [7, 11) is 0. The number of amides is 4. The van der Waals surface area contributed by atoms with Crippen LogP contribution in [-0.4, -0.2) is 68.6 Å². The second kappa shape index (κ2) is 14.2. The average molecular weight is 693 g/mol. The number of benzene rings is 4. The third-order valence-electron chi connectivity index (χ3n) is 10.2. The minimum Gasteiger partial charge on any atom is -0.353 e. The van der Waals surface area contributed by atoms with Crippen LogP contribution in [0.1, 0.15) is 36.8 Å². The van der Waals surface area contributed by atoms with Gasteiger partial charge in [-0.05, 0) is 85.3 Å². The van der Waals surface area contributed by atoms with Crippen LogP contribution in [0.15, 0.2) is 109 Å². The van der Waals surface area contributed by atoms with Gasteiger partial charge in [-0.1, -0.05) is 60.7 Å². The molecule has 2 aromatic heterocycles. The zero-order valence-electron chi connectivity index (χ0n) is 28.7. The smallest absolute Gasteiger partial charge is 0.247 e. The molecule has 262 valence electrons. The van der Waals surface area contributed by atoms with Gasteiger partial charge in [0.2, 0.25) is 23.6 Å². The third kappa shape index (κ3) is 6.92. The number of carbonyl (C=O) groups is 4. The summed E-state index contributed by atoms with van der Waals surface area (Å²) >= 11 is 0. The summed E-state index contributed by atoms with van der Waals surface area (Å²) in [6.45, 7) is 1.16. The maximum absolute atomic E-state index is 13.4. The molecule has 2 aliphatic heterocycles. The average Bonchev–Trinajstić information content (AvgIpc) is 3.98. The number of hydrogen-bond acceptors (Lipinski definition) is 4. The SMILES string of the molecule is O=C(Nc1ccc2[nH]c(-c3cc4cc(NC(=O)[C@@H]5CCCN5C(=O)Cc5ccccc5)ccc4[nH]3)cc2c1)[C@@H]1CCCN1C(=O)Cc1ccccc1. The zero-order chi connectivity index (χ0) is 35.6. The molecule has 52 heavy (non-hydrogen) atoms. The van der Waals surface area contributed by atoms with E-state index < -0.39 is 12.1 Å². The Hall–Kier alpha value is -6.16. The minimum atomic E-state index is -0.492. The summed E-state index contributed by atoms with van der Waals surface area (Å²) in [6, 6.07) is 33.8. The van der Waals surface area contributed by atoms with E-state index in [-0.39, 0.29) is 36.5 Å². The molecule has 0 unspecified atom stereocenters. The van der Waals surface area contributed by atoms with Crippen molar-refractivity contribution >= 4 is 56.8 Å². The van der Waals surface area contributed by atoms with E-state index in [2.05, 4.69) is 20.6 Å². The lowest BCUT2D eigenvalue weighted by molar-refractivity contribution is -0.136. The Morgan fingerprint density at radius 1 is 0.558 bits per heavy atom. The molecule has 6 aromatic rings. The van der Waals surface area contributed by atoms with Gasteiger partial charge >= 0.3 is 0 Å². The fraction of sp³-hybridized carbons (Fsp3) is 0.238. The minimum absolute atomic E-state index is 0.0334. The highest BCUT2D eigenvalue weighted by Gasteiger charge is 2.35. The van der Waals surface area contributed by atoms with E-state index in [9.17, 15) is 19.2 Å². The lowest BCUT2D eigenvalue weighted by Gasteiger charge is -2.24. The van der Waals surface area contributed by atoms with Crippen molar-refractivity contribution in [2.45, 2.75) is 50.6 Å².